The first-order valence-corrected chi connectivity index (χ1v) is 9.69. The second-order valence-corrected chi connectivity index (χ2v) is 7.27. The molecule has 0 aliphatic carbocycles. The van der Waals surface area contributed by atoms with Gasteiger partial charge in [-0.1, -0.05) is 24.2 Å². The molecule has 0 fully saturated rings. The van der Waals surface area contributed by atoms with Crippen LogP contribution < -0.4 is 19.7 Å². The van der Waals surface area contributed by atoms with Gasteiger partial charge in [-0.2, -0.15) is 0 Å². The zero-order chi connectivity index (χ0) is 20.1. The van der Waals surface area contributed by atoms with Gasteiger partial charge in [-0.25, -0.2) is 0 Å². The first-order chi connectivity index (χ1) is 13.6. The number of halogens is 1. The van der Waals surface area contributed by atoms with E-state index in [0.29, 0.717) is 22.9 Å². The number of carbonyl (C=O) groups is 1. The Kier molecular flexibility index (Phi) is 6.60. The van der Waals surface area contributed by atoms with Gasteiger partial charge < -0.3 is 19.7 Å². The lowest BCUT2D eigenvalue weighted by Crippen LogP contribution is -3.13. The topological polar surface area (TPSA) is 52.0 Å². The molecule has 148 valence electrons. The number of methoxy groups -OCH3 is 2. The van der Waals surface area contributed by atoms with Crippen LogP contribution in [0.25, 0.3) is 0 Å². The Hall–Kier alpha value is -2.50. The zero-order valence-corrected chi connectivity index (χ0v) is 17.0. The number of quaternary nitrogens is 1. The summed E-state index contributed by atoms with van der Waals surface area (Å²) in [7, 11) is 3.28. The molecule has 1 amide bonds. The summed E-state index contributed by atoms with van der Waals surface area (Å²) < 4.78 is 10.9. The molecular weight excluding hydrogens is 376 g/mol. The molecular formula is C22H26ClN2O3+. The molecule has 6 heteroatoms. The molecule has 3 rings (SSSR count). The van der Waals surface area contributed by atoms with E-state index in [1.54, 1.807) is 38.5 Å². The third-order valence-electron chi connectivity index (χ3n) is 5.19. The van der Waals surface area contributed by atoms with E-state index in [1.165, 1.54) is 16.0 Å². The van der Waals surface area contributed by atoms with Crippen molar-refractivity contribution >= 4 is 17.5 Å². The molecule has 1 aliphatic rings. The van der Waals surface area contributed by atoms with E-state index in [9.17, 15) is 4.79 Å². The van der Waals surface area contributed by atoms with E-state index in [0.717, 1.165) is 25.3 Å². The number of benzene rings is 2. The molecule has 0 bridgehead atoms. The lowest BCUT2D eigenvalue weighted by Gasteiger charge is -2.34. The van der Waals surface area contributed by atoms with Crippen molar-refractivity contribution < 1.29 is 19.2 Å². The molecule has 28 heavy (non-hydrogen) atoms. The van der Waals surface area contributed by atoms with Gasteiger partial charge in [0.1, 0.15) is 6.04 Å². The maximum atomic E-state index is 12.6. The monoisotopic (exact) mass is 401 g/mol. The minimum Gasteiger partial charge on any atom is -0.493 e. The van der Waals surface area contributed by atoms with E-state index in [2.05, 4.69) is 11.9 Å². The fourth-order valence-electron chi connectivity index (χ4n) is 3.78. The first kappa shape index (κ1) is 20.2. The third-order valence-corrected chi connectivity index (χ3v) is 5.42. The molecule has 0 saturated heterocycles. The quantitative estimate of drug-likeness (QED) is 0.701. The van der Waals surface area contributed by atoms with Crippen LogP contribution in [0.1, 0.15) is 27.5 Å². The van der Waals surface area contributed by atoms with Gasteiger partial charge in [0, 0.05) is 22.6 Å². The number of rotatable bonds is 7. The Morgan fingerprint density at radius 2 is 2.04 bits per heavy atom. The van der Waals surface area contributed by atoms with Gasteiger partial charge in [0.05, 0.1) is 33.9 Å². The molecule has 2 atom stereocenters. The summed E-state index contributed by atoms with van der Waals surface area (Å²) in [6.45, 7) is 6.19. The molecule has 0 radical (unpaired) electrons. The van der Waals surface area contributed by atoms with Crippen molar-refractivity contribution in [2.24, 2.45) is 0 Å². The molecule has 0 spiro atoms. The molecule has 2 aromatic carbocycles. The number of ether oxygens (including phenoxy) is 2. The highest BCUT2D eigenvalue weighted by Crippen LogP contribution is 2.34. The number of hydrogen-bond donors (Lipinski definition) is 2. The van der Waals surface area contributed by atoms with E-state index in [-0.39, 0.29) is 11.9 Å². The van der Waals surface area contributed by atoms with Crippen molar-refractivity contribution in [1.29, 1.82) is 0 Å². The Morgan fingerprint density at radius 3 is 2.71 bits per heavy atom. The minimum absolute atomic E-state index is 0.102. The normalized spacial score (nSPS) is 18.1. The largest absolute Gasteiger partial charge is 0.493 e. The lowest BCUT2D eigenvalue weighted by molar-refractivity contribution is -0.927. The van der Waals surface area contributed by atoms with Crippen LogP contribution in [0.2, 0.25) is 5.02 Å². The fourth-order valence-corrected chi connectivity index (χ4v) is 3.97. The lowest BCUT2D eigenvalue weighted by atomic mass is 9.91. The molecule has 2 N–H and O–H groups in total. The Labute approximate surface area is 170 Å². The Bertz CT molecular complexity index is 869. The number of hydrogen-bond acceptors (Lipinski definition) is 3. The molecule has 2 aromatic rings. The van der Waals surface area contributed by atoms with Crippen LogP contribution in [0, 0.1) is 0 Å². The van der Waals surface area contributed by atoms with Gasteiger partial charge in [-0.3, -0.25) is 4.79 Å². The van der Waals surface area contributed by atoms with Crippen molar-refractivity contribution in [3.05, 3.63) is 70.8 Å². The Balaban J connectivity index is 1.86. The summed E-state index contributed by atoms with van der Waals surface area (Å²) in [6.07, 6.45) is 2.87. The van der Waals surface area contributed by atoms with Crippen LogP contribution in [-0.4, -0.2) is 39.8 Å². The van der Waals surface area contributed by atoms with E-state index in [1.807, 2.05) is 18.2 Å². The smallest absolute Gasteiger partial charge is 0.251 e. The van der Waals surface area contributed by atoms with Crippen LogP contribution >= 0.6 is 11.6 Å². The maximum absolute atomic E-state index is 12.6. The predicted octanol–water partition coefficient (Wildman–Crippen LogP) is 2.46. The molecule has 1 heterocycles. The van der Waals surface area contributed by atoms with E-state index < -0.39 is 0 Å². The minimum atomic E-state index is -0.131. The number of carbonyl (C=O) groups excluding carboxylic acids is 1. The van der Waals surface area contributed by atoms with Crippen molar-refractivity contribution in [3.8, 4) is 11.5 Å². The molecule has 5 nitrogen and oxygen atoms in total. The summed E-state index contributed by atoms with van der Waals surface area (Å²) in [4.78, 5) is 14.0. The number of nitrogens with one attached hydrogen (secondary N) is 2. The van der Waals surface area contributed by atoms with Gasteiger partial charge in [-0.05, 0) is 42.0 Å². The number of amides is 1. The summed E-state index contributed by atoms with van der Waals surface area (Å²) in [5, 5.41) is 3.61. The summed E-state index contributed by atoms with van der Waals surface area (Å²) >= 11 is 6.01. The van der Waals surface area contributed by atoms with Gasteiger partial charge in [-0.15, -0.1) is 0 Å². The number of fused-ring (bicyclic) bond motifs is 1. The third kappa shape index (κ3) is 4.32. The van der Waals surface area contributed by atoms with Gasteiger partial charge in [0.15, 0.2) is 11.5 Å². The molecule has 0 saturated carbocycles. The standard InChI is InChI=1S/C22H25ClN2O3/c1-4-9-25-10-8-15-12-20(27-2)21(28-3)13-18(15)19(25)14-24-22(26)16-6-5-7-17(23)11-16/h4-7,11-13,19H,1,8-10,14H2,2-3H3,(H,24,26)/p+1/t19-/m1/s1. The van der Waals surface area contributed by atoms with Crippen molar-refractivity contribution in [2.75, 3.05) is 33.9 Å². The summed E-state index contributed by atoms with van der Waals surface area (Å²) in [6, 6.07) is 11.2. The SMILES string of the molecule is C=CC[NH+]1CCc2cc(OC)c(OC)cc2[C@H]1CNC(=O)c1cccc(Cl)c1. The van der Waals surface area contributed by atoms with Gasteiger partial charge >= 0.3 is 0 Å². The predicted molar refractivity (Wildman–Crippen MR) is 111 cm³/mol. The molecule has 1 aliphatic heterocycles. The van der Waals surface area contributed by atoms with E-state index >= 15 is 0 Å². The first-order valence-electron chi connectivity index (χ1n) is 9.31. The van der Waals surface area contributed by atoms with E-state index in [4.69, 9.17) is 21.1 Å². The van der Waals surface area contributed by atoms with Crippen molar-refractivity contribution in [3.63, 3.8) is 0 Å². The second kappa shape index (κ2) is 9.13. The fraction of sp³-hybridized carbons (Fsp3) is 0.318. The van der Waals surface area contributed by atoms with Gasteiger partial charge in [0.2, 0.25) is 0 Å². The summed E-state index contributed by atoms with van der Waals surface area (Å²) in [5.74, 6) is 1.30. The summed E-state index contributed by atoms with van der Waals surface area (Å²) in [5.41, 5.74) is 2.96. The van der Waals surface area contributed by atoms with Crippen LogP contribution in [0.4, 0.5) is 0 Å². The van der Waals surface area contributed by atoms with Crippen LogP contribution in [0.15, 0.2) is 49.1 Å². The maximum Gasteiger partial charge on any atom is 0.251 e. The highest BCUT2D eigenvalue weighted by molar-refractivity contribution is 6.30. The van der Waals surface area contributed by atoms with Crippen molar-refractivity contribution in [1.82, 2.24) is 5.32 Å². The van der Waals surface area contributed by atoms with Gasteiger partial charge in [0.25, 0.3) is 5.91 Å². The highest BCUT2D eigenvalue weighted by Gasteiger charge is 2.32. The molecule has 0 aromatic heterocycles. The average molecular weight is 402 g/mol. The molecule has 1 unspecified atom stereocenters. The average Bonchev–Trinajstić information content (AvgIpc) is 2.71. The highest BCUT2D eigenvalue weighted by atomic mass is 35.5. The van der Waals surface area contributed by atoms with Crippen LogP contribution in [0.5, 0.6) is 11.5 Å². The Morgan fingerprint density at radius 1 is 1.29 bits per heavy atom. The van der Waals surface area contributed by atoms with Crippen LogP contribution in [-0.2, 0) is 6.42 Å². The van der Waals surface area contributed by atoms with Crippen molar-refractivity contribution in [2.45, 2.75) is 12.5 Å². The zero-order valence-electron chi connectivity index (χ0n) is 16.3. The van der Waals surface area contributed by atoms with Crippen LogP contribution in [0.3, 0.4) is 0 Å². The second-order valence-electron chi connectivity index (χ2n) is 6.83.